The molecule has 0 radical (unpaired) electrons. The van der Waals surface area contributed by atoms with Gasteiger partial charge in [0.25, 0.3) is 5.91 Å². The van der Waals surface area contributed by atoms with E-state index in [0.29, 0.717) is 11.7 Å². The Morgan fingerprint density at radius 3 is 2.71 bits per heavy atom. The number of benzene rings is 1. The maximum Gasteiger partial charge on any atom is 0.260 e. The van der Waals surface area contributed by atoms with E-state index in [0.717, 1.165) is 43.9 Å². The lowest BCUT2D eigenvalue weighted by Gasteiger charge is -2.33. The number of nitrogens with zero attached hydrogens (tertiary/aromatic N) is 2. The number of aliphatic hydroxyl groups is 1. The van der Waals surface area contributed by atoms with E-state index in [-0.39, 0.29) is 5.91 Å². The molecule has 2 heterocycles. The Bertz CT molecular complexity index is 538. The smallest absolute Gasteiger partial charge is 0.260 e. The number of fused-ring (bicyclic) bond motifs is 1. The molecule has 1 saturated heterocycles. The molecule has 114 valence electrons. The molecule has 2 aliphatic rings. The first-order valence-electron chi connectivity index (χ1n) is 7.58. The minimum Gasteiger partial charge on any atom is -0.378 e. The van der Waals surface area contributed by atoms with Crippen LogP contribution in [0.4, 0.5) is 11.4 Å². The van der Waals surface area contributed by atoms with E-state index in [1.807, 2.05) is 25.1 Å². The first-order chi connectivity index (χ1) is 10.1. The fraction of sp³-hybridized carbons (Fsp3) is 0.562. The lowest BCUT2D eigenvalue weighted by molar-refractivity contribution is -0.125. The van der Waals surface area contributed by atoms with Crippen molar-refractivity contribution in [2.75, 3.05) is 36.5 Å². The van der Waals surface area contributed by atoms with E-state index in [4.69, 9.17) is 4.74 Å². The summed E-state index contributed by atoms with van der Waals surface area (Å²) < 4.78 is 5.67. The zero-order chi connectivity index (χ0) is 15.0. The Balaban J connectivity index is 1.76. The fourth-order valence-corrected chi connectivity index (χ4v) is 3.20. The molecule has 0 bridgehead atoms. The van der Waals surface area contributed by atoms with E-state index < -0.39 is 6.10 Å². The number of piperidine rings is 1. The van der Waals surface area contributed by atoms with Gasteiger partial charge >= 0.3 is 0 Å². The molecule has 0 saturated carbocycles. The summed E-state index contributed by atoms with van der Waals surface area (Å²) in [5, 5.41) is 9.89. The minimum absolute atomic E-state index is 0.253. The Labute approximate surface area is 125 Å². The highest BCUT2D eigenvalue weighted by atomic mass is 16.5. The van der Waals surface area contributed by atoms with Crippen molar-refractivity contribution < 1.29 is 14.6 Å². The molecule has 0 aliphatic carbocycles. The maximum atomic E-state index is 11.8. The molecule has 3 rings (SSSR count). The van der Waals surface area contributed by atoms with Crippen LogP contribution in [0.3, 0.4) is 0 Å². The number of carbonyl (C=O) groups is 1. The highest BCUT2D eigenvalue weighted by Crippen LogP contribution is 2.37. The fourth-order valence-electron chi connectivity index (χ4n) is 3.20. The molecule has 1 aromatic carbocycles. The number of carbonyl (C=O) groups excluding carboxylic acids is 1. The van der Waals surface area contributed by atoms with Crippen LogP contribution in [0.15, 0.2) is 18.2 Å². The molecule has 2 aliphatic heterocycles. The molecule has 1 aromatic rings. The number of aliphatic hydroxyl groups excluding tert-OH is 1. The number of anilines is 2. The monoisotopic (exact) mass is 290 g/mol. The molecule has 21 heavy (non-hydrogen) atoms. The third-order valence-corrected chi connectivity index (χ3v) is 4.44. The van der Waals surface area contributed by atoms with Gasteiger partial charge in [-0.3, -0.25) is 4.79 Å². The topological polar surface area (TPSA) is 53.0 Å². The van der Waals surface area contributed by atoms with Gasteiger partial charge < -0.3 is 19.6 Å². The van der Waals surface area contributed by atoms with Gasteiger partial charge in [-0.15, -0.1) is 0 Å². The molecule has 1 fully saturated rings. The van der Waals surface area contributed by atoms with Crippen LogP contribution in [-0.4, -0.2) is 43.9 Å². The van der Waals surface area contributed by atoms with E-state index in [1.54, 1.807) is 7.05 Å². The van der Waals surface area contributed by atoms with Crippen molar-refractivity contribution in [2.45, 2.75) is 32.0 Å². The molecule has 5 nitrogen and oxygen atoms in total. The molecule has 1 amide bonds. The van der Waals surface area contributed by atoms with Crippen LogP contribution in [0.1, 0.15) is 31.4 Å². The highest BCUT2D eigenvalue weighted by molar-refractivity contribution is 6.03. The summed E-state index contributed by atoms with van der Waals surface area (Å²) in [7, 11) is 1.71. The Morgan fingerprint density at radius 2 is 2.05 bits per heavy atom. The Morgan fingerprint density at radius 1 is 1.33 bits per heavy atom. The number of hydrogen-bond donors (Lipinski definition) is 1. The predicted octanol–water partition coefficient (Wildman–Crippen LogP) is 1.70. The molecule has 1 unspecified atom stereocenters. The van der Waals surface area contributed by atoms with Gasteiger partial charge in [-0.25, -0.2) is 0 Å². The Kier molecular flexibility index (Phi) is 3.87. The average Bonchev–Trinajstić information content (AvgIpc) is 2.73. The quantitative estimate of drug-likeness (QED) is 0.920. The molecule has 0 spiro atoms. The van der Waals surface area contributed by atoms with Gasteiger partial charge in [0.15, 0.2) is 6.10 Å². The summed E-state index contributed by atoms with van der Waals surface area (Å²) in [4.78, 5) is 15.7. The second kappa shape index (κ2) is 5.66. The largest absolute Gasteiger partial charge is 0.378 e. The van der Waals surface area contributed by atoms with Crippen molar-refractivity contribution in [1.82, 2.24) is 0 Å². The number of likely N-dealkylation sites (N-methyl/N-ethyl adjacent to an activating group) is 1. The first kappa shape index (κ1) is 14.4. The van der Waals surface area contributed by atoms with Gasteiger partial charge in [0.2, 0.25) is 0 Å². The summed E-state index contributed by atoms with van der Waals surface area (Å²) >= 11 is 0. The molecule has 0 aromatic heterocycles. The normalized spacial score (nSPS) is 22.8. The number of ether oxygens (including phenoxy) is 1. The summed E-state index contributed by atoms with van der Waals surface area (Å²) in [6, 6.07) is 5.87. The summed E-state index contributed by atoms with van der Waals surface area (Å²) in [6.45, 7) is 4.73. The van der Waals surface area contributed by atoms with Crippen LogP contribution in [0.2, 0.25) is 0 Å². The van der Waals surface area contributed by atoms with Crippen LogP contribution < -0.4 is 9.80 Å². The average molecular weight is 290 g/mol. The van der Waals surface area contributed by atoms with E-state index >= 15 is 0 Å². The summed E-state index contributed by atoms with van der Waals surface area (Å²) in [5.41, 5.74) is 2.63. The van der Waals surface area contributed by atoms with Gasteiger partial charge in [-0.2, -0.15) is 0 Å². The van der Waals surface area contributed by atoms with Crippen LogP contribution in [0.25, 0.3) is 0 Å². The Hall–Kier alpha value is -1.59. The van der Waals surface area contributed by atoms with Crippen LogP contribution in [0, 0.1) is 0 Å². The lowest BCUT2D eigenvalue weighted by atomic mass is 10.1. The SMILES string of the molecule is CCOC1CCN(c2ccc3c(c2)N(C)C(=O)C3O)CC1. The van der Waals surface area contributed by atoms with Crippen molar-refractivity contribution in [3.8, 4) is 0 Å². The molecular weight excluding hydrogens is 268 g/mol. The van der Waals surface area contributed by atoms with E-state index in [1.165, 1.54) is 4.90 Å². The van der Waals surface area contributed by atoms with Gasteiger partial charge in [0.05, 0.1) is 11.8 Å². The zero-order valence-corrected chi connectivity index (χ0v) is 12.6. The van der Waals surface area contributed by atoms with Crippen molar-refractivity contribution in [2.24, 2.45) is 0 Å². The molecular formula is C16H22N2O3. The second-order valence-corrected chi connectivity index (χ2v) is 5.68. The maximum absolute atomic E-state index is 11.8. The van der Waals surface area contributed by atoms with Crippen molar-refractivity contribution in [3.63, 3.8) is 0 Å². The van der Waals surface area contributed by atoms with Crippen molar-refractivity contribution in [3.05, 3.63) is 23.8 Å². The third kappa shape index (κ3) is 2.51. The number of rotatable bonds is 3. The van der Waals surface area contributed by atoms with Crippen molar-refractivity contribution in [1.29, 1.82) is 0 Å². The van der Waals surface area contributed by atoms with Gasteiger partial charge in [-0.1, -0.05) is 6.07 Å². The second-order valence-electron chi connectivity index (χ2n) is 5.68. The third-order valence-electron chi connectivity index (χ3n) is 4.44. The van der Waals surface area contributed by atoms with Crippen LogP contribution >= 0.6 is 0 Å². The molecule has 1 N–H and O–H groups in total. The van der Waals surface area contributed by atoms with Gasteiger partial charge in [0, 0.05) is 38.0 Å². The molecule has 1 atom stereocenters. The minimum atomic E-state index is -1.01. The lowest BCUT2D eigenvalue weighted by Crippen LogP contribution is -2.37. The van der Waals surface area contributed by atoms with Gasteiger partial charge in [0.1, 0.15) is 0 Å². The molecule has 5 heteroatoms. The van der Waals surface area contributed by atoms with E-state index in [9.17, 15) is 9.90 Å². The standard InChI is InChI=1S/C16H22N2O3/c1-3-21-12-6-8-18(9-7-12)11-4-5-13-14(10-11)17(2)16(20)15(13)19/h4-5,10,12,15,19H,3,6-9H2,1-2H3. The zero-order valence-electron chi connectivity index (χ0n) is 12.6. The summed E-state index contributed by atoms with van der Waals surface area (Å²) in [5.74, 6) is -0.253. The van der Waals surface area contributed by atoms with Gasteiger partial charge in [-0.05, 0) is 31.9 Å². The van der Waals surface area contributed by atoms with Crippen molar-refractivity contribution >= 4 is 17.3 Å². The van der Waals surface area contributed by atoms with E-state index in [2.05, 4.69) is 4.90 Å². The van der Waals surface area contributed by atoms with Crippen LogP contribution in [-0.2, 0) is 9.53 Å². The van der Waals surface area contributed by atoms with Crippen LogP contribution in [0.5, 0.6) is 0 Å². The highest BCUT2D eigenvalue weighted by Gasteiger charge is 2.34. The first-order valence-corrected chi connectivity index (χ1v) is 7.58. The predicted molar refractivity (Wildman–Crippen MR) is 81.7 cm³/mol. The summed E-state index contributed by atoms with van der Waals surface area (Å²) in [6.07, 6.45) is 1.42. The number of hydrogen-bond acceptors (Lipinski definition) is 4. The number of amides is 1.